The lowest BCUT2D eigenvalue weighted by molar-refractivity contribution is -0.161. The molecule has 0 aliphatic heterocycles. The molecule has 0 heterocycles. The highest BCUT2D eigenvalue weighted by atomic mass is 31.2. The van der Waals surface area contributed by atoms with E-state index in [1.807, 2.05) is 12.2 Å². The van der Waals surface area contributed by atoms with Crippen LogP contribution in [-0.2, 0) is 42.2 Å². The minimum absolute atomic E-state index is 0.0297. The summed E-state index contributed by atoms with van der Waals surface area (Å²) < 4.78 is 39.4. The maximum absolute atomic E-state index is 12.9. The Hall–Kier alpha value is -4.12. The van der Waals surface area contributed by atoms with E-state index in [0.29, 0.717) is 25.7 Å². The maximum Gasteiger partial charge on any atom is 0.472 e. The molecule has 432 valence electrons. The Morgan fingerprint density at radius 2 is 0.711 bits per heavy atom. The first kappa shape index (κ1) is 71.9. The van der Waals surface area contributed by atoms with E-state index < -0.39 is 57.8 Å². The van der Waals surface area contributed by atoms with Gasteiger partial charge in [0.25, 0.3) is 0 Å². The van der Waals surface area contributed by atoms with Gasteiger partial charge in [0, 0.05) is 19.3 Å². The fraction of sp³-hybridized carbons (Fsp3) is 0.641. The average molecular weight is 1080 g/mol. The molecule has 2 N–H and O–H groups in total. The van der Waals surface area contributed by atoms with Crippen LogP contribution >= 0.6 is 7.82 Å². The molecular weight excluding hydrogens is 976 g/mol. The number of hydrogen-bond acceptors (Lipinski definition) is 10. The zero-order chi connectivity index (χ0) is 55.5. The predicted molar refractivity (Wildman–Crippen MR) is 316 cm³/mol. The van der Waals surface area contributed by atoms with E-state index in [1.54, 1.807) is 0 Å². The molecule has 0 amide bonds. The highest BCUT2D eigenvalue weighted by molar-refractivity contribution is 7.47. The number of ether oxygens (including phenoxy) is 3. The van der Waals surface area contributed by atoms with Crippen LogP contribution in [0.3, 0.4) is 0 Å². The molecule has 0 aliphatic carbocycles. The van der Waals surface area contributed by atoms with Crippen molar-refractivity contribution in [2.45, 2.75) is 238 Å². The van der Waals surface area contributed by atoms with E-state index in [2.05, 4.69) is 130 Å². The van der Waals surface area contributed by atoms with Gasteiger partial charge in [-0.2, -0.15) is 0 Å². The molecule has 0 radical (unpaired) electrons. The first-order chi connectivity index (χ1) is 37.2. The van der Waals surface area contributed by atoms with Crippen LogP contribution in [0.2, 0.25) is 0 Å². The fourth-order valence-electron chi connectivity index (χ4n) is 7.45. The highest BCUT2D eigenvalue weighted by Crippen LogP contribution is 2.43. The van der Waals surface area contributed by atoms with Crippen molar-refractivity contribution < 1.29 is 52.2 Å². The normalized spacial score (nSPS) is 14.2. The number of allylic oxidation sites excluding steroid dienone is 20. The van der Waals surface area contributed by atoms with Crippen LogP contribution in [0, 0.1) is 0 Å². The second-order valence-electron chi connectivity index (χ2n) is 19.0. The van der Waals surface area contributed by atoms with E-state index in [0.717, 1.165) is 103 Å². The van der Waals surface area contributed by atoms with Gasteiger partial charge in [-0.3, -0.25) is 23.4 Å². The fourth-order valence-corrected chi connectivity index (χ4v) is 8.23. The predicted octanol–water partition coefficient (Wildman–Crippen LogP) is 17.6. The number of hydrogen-bond donors (Lipinski definition) is 2. The first-order valence-electron chi connectivity index (χ1n) is 29.4. The molecule has 0 saturated carbocycles. The van der Waals surface area contributed by atoms with Gasteiger partial charge >= 0.3 is 25.7 Å². The first-order valence-corrected chi connectivity index (χ1v) is 30.9. The Morgan fingerprint density at radius 3 is 1.16 bits per heavy atom. The molecule has 76 heavy (non-hydrogen) atoms. The van der Waals surface area contributed by atoms with Gasteiger partial charge < -0.3 is 24.2 Å². The van der Waals surface area contributed by atoms with Gasteiger partial charge in [0.15, 0.2) is 6.10 Å². The topological polar surface area (TPSA) is 155 Å². The van der Waals surface area contributed by atoms with Crippen molar-refractivity contribution >= 4 is 25.7 Å². The quantitative estimate of drug-likeness (QED) is 0.0197. The third-order valence-corrected chi connectivity index (χ3v) is 12.8. The number of esters is 3. The molecule has 3 atom stereocenters. The van der Waals surface area contributed by atoms with Gasteiger partial charge in [-0.15, -0.1) is 0 Å². The summed E-state index contributed by atoms with van der Waals surface area (Å²) in [6.45, 7) is 4.28. The molecule has 12 heteroatoms. The summed E-state index contributed by atoms with van der Waals surface area (Å²) in [4.78, 5) is 48.5. The van der Waals surface area contributed by atoms with Crippen LogP contribution in [0.4, 0.5) is 0 Å². The standard InChI is InChI=1S/C64H105O11P/c1-4-7-10-13-16-19-22-25-27-29-30-32-34-37-40-43-46-49-52-55-64(68)75-61(57-71-62(66)53-50-47-44-41-38-35-24-21-18-15-12-9-6-3)59-73-76(69,70)72-58-60(56-65)74-63(67)54-51-48-45-42-39-36-33-31-28-26-23-20-17-14-11-8-5-2/h7,9-10,12,16,18-19,21,25-28,30,32,35,37-38,40,46,49,60-61,65H,4-6,8,11,13-15,17,20,22-24,29,31,33-34,36,39,41-45,47-48,50-59H2,1-3H3,(H,69,70)/b10-7-,12-9-,19-16-,21-18-,27-25-,28-26-,32-30-,38-35-,40-37-,49-46-. The lowest BCUT2D eigenvalue weighted by atomic mass is 10.1. The van der Waals surface area contributed by atoms with Crippen molar-refractivity contribution in [2.24, 2.45) is 0 Å². The Kier molecular flexibility index (Phi) is 54.0. The second kappa shape index (κ2) is 57.1. The molecule has 0 aromatic rings. The molecule has 11 nitrogen and oxygen atoms in total. The van der Waals surface area contributed by atoms with Crippen LogP contribution in [0.15, 0.2) is 122 Å². The summed E-state index contributed by atoms with van der Waals surface area (Å²) in [5.41, 5.74) is 0. The van der Waals surface area contributed by atoms with Gasteiger partial charge in [0.2, 0.25) is 0 Å². The second-order valence-corrected chi connectivity index (χ2v) is 20.5. The van der Waals surface area contributed by atoms with Gasteiger partial charge in [-0.25, -0.2) is 4.57 Å². The minimum atomic E-state index is -4.78. The lowest BCUT2D eigenvalue weighted by Gasteiger charge is -2.21. The SMILES string of the molecule is CC/C=C\C/C=C\C/C=C\C/C=C\C/C=C\C/C=C\CCC(=O)OC(COC(=O)CCCCC/C=C\C/C=C\C/C=C\CC)COP(=O)(O)OCC(CO)OC(=O)CCCCCCCCC/C=C\CCCCCCCC. The van der Waals surface area contributed by atoms with Gasteiger partial charge in [-0.1, -0.05) is 213 Å². The Balaban J connectivity index is 4.84. The summed E-state index contributed by atoms with van der Waals surface area (Å²) in [6.07, 6.45) is 70.3. The van der Waals surface area contributed by atoms with Crippen LogP contribution < -0.4 is 0 Å². The maximum atomic E-state index is 12.9. The van der Waals surface area contributed by atoms with Gasteiger partial charge in [-0.05, 0) is 116 Å². The number of aliphatic hydroxyl groups excluding tert-OH is 1. The number of phosphoric acid groups is 1. The monoisotopic (exact) mass is 1080 g/mol. The zero-order valence-corrected chi connectivity index (χ0v) is 48.6. The molecule has 0 fully saturated rings. The van der Waals surface area contributed by atoms with Crippen LogP contribution in [-0.4, -0.2) is 66.5 Å². The Bertz CT molecular complexity index is 1740. The molecule has 0 bridgehead atoms. The molecule has 0 rings (SSSR count). The van der Waals surface area contributed by atoms with E-state index in [4.69, 9.17) is 23.3 Å². The average Bonchev–Trinajstić information content (AvgIpc) is 3.41. The summed E-state index contributed by atoms with van der Waals surface area (Å²) in [7, 11) is -4.78. The largest absolute Gasteiger partial charge is 0.472 e. The molecule has 0 saturated heterocycles. The number of carbonyl (C=O) groups is 3. The molecule has 0 aliphatic rings. The summed E-state index contributed by atoms with van der Waals surface area (Å²) >= 11 is 0. The van der Waals surface area contributed by atoms with E-state index in [9.17, 15) is 28.9 Å². The van der Waals surface area contributed by atoms with Gasteiger partial charge in [0.1, 0.15) is 12.7 Å². The smallest absolute Gasteiger partial charge is 0.462 e. The number of unbranched alkanes of at least 4 members (excludes halogenated alkanes) is 16. The summed E-state index contributed by atoms with van der Waals surface area (Å²) in [5, 5.41) is 9.83. The Labute approximate surface area is 462 Å². The number of aliphatic hydroxyl groups is 1. The number of carbonyl (C=O) groups excluding carboxylic acids is 3. The van der Waals surface area contributed by atoms with E-state index >= 15 is 0 Å². The van der Waals surface area contributed by atoms with Crippen molar-refractivity contribution in [1.82, 2.24) is 0 Å². The van der Waals surface area contributed by atoms with E-state index in [-0.39, 0.29) is 25.9 Å². The number of phosphoric ester groups is 1. The van der Waals surface area contributed by atoms with Crippen molar-refractivity contribution in [3.05, 3.63) is 122 Å². The molecule has 0 aromatic carbocycles. The summed E-state index contributed by atoms with van der Waals surface area (Å²) in [5.74, 6) is -1.62. The van der Waals surface area contributed by atoms with Crippen molar-refractivity contribution in [1.29, 1.82) is 0 Å². The van der Waals surface area contributed by atoms with Crippen LogP contribution in [0.1, 0.15) is 226 Å². The summed E-state index contributed by atoms with van der Waals surface area (Å²) in [6, 6.07) is 0. The molecule has 0 aromatic heterocycles. The third-order valence-electron chi connectivity index (χ3n) is 11.9. The van der Waals surface area contributed by atoms with Gasteiger partial charge in [0.05, 0.1) is 19.8 Å². The minimum Gasteiger partial charge on any atom is -0.462 e. The van der Waals surface area contributed by atoms with Crippen LogP contribution in [0.25, 0.3) is 0 Å². The van der Waals surface area contributed by atoms with Crippen molar-refractivity contribution in [2.75, 3.05) is 26.4 Å². The third kappa shape index (κ3) is 54.7. The lowest BCUT2D eigenvalue weighted by Crippen LogP contribution is -2.30. The van der Waals surface area contributed by atoms with E-state index in [1.165, 1.54) is 57.8 Å². The zero-order valence-electron chi connectivity index (χ0n) is 47.7. The Morgan fingerprint density at radius 1 is 0.382 bits per heavy atom. The van der Waals surface area contributed by atoms with Crippen LogP contribution in [0.5, 0.6) is 0 Å². The number of rotatable bonds is 53. The molecule has 0 spiro atoms. The van der Waals surface area contributed by atoms with Crippen molar-refractivity contribution in [3.63, 3.8) is 0 Å². The molecular formula is C64H105O11P. The highest BCUT2D eigenvalue weighted by Gasteiger charge is 2.28. The van der Waals surface area contributed by atoms with Crippen molar-refractivity contribution in [3.8, 4) is 0 Å². The molecule has 3 unspecified atom stereocenters.